The second-order valence-electron chi connectivity index (χ2n) is 5.09. The zero-order valence-electron chi connectivity index (χ0n) is 11.8. The van der Waals surface area contributed by atoms with Crippen LogP contribution < -0.4 is 10.1 Å². The Morgan fingerprint density at radius 3 is 3.10 bits per heavy atom. The Bertz CT molecular complexity index is 582. The SMILES string of the molecule is CCNC(C)c1nc(C2COc3ccccc3C2)no1. The van der Waals surface area contributed by atoms with Crippen molar-refractivity contribution in [2.24, 2.45) is 0 Å². The quantitative estimate of drug-likeness (QED) is 0.927. The Kier molecular flexibility index (Phi) is 3.69. The van der Waals surface area contributed by atoms with Crippen LogP contribution in [0, 0.1) is 0 Å². The molecule has 20 heavy (non-hydrogen) atoms. The molecule has 0 amide bonds. The minimum Gasteiger partial charge on any atom is -0.493 e. The van der Waals surface area contributed by atoms with Crippen LogP contribution in [0.25, 0.3) is 0 Å². The average Bonchev–Trinajstić information content (AvgIpc) is 2.97. The van der Waals surface area contributed by atoms with Gasteiger partial charge in [-0.05, 0) is 31.5 Å². The Balaban J connectivity index is 1.75. The van der Waals surface area contributed by atoms with E-state index in [1.807, 2.05) is 25.1 Å². The number of nitrogens with one attached hydrogen (secondary N) is 1. The number of nitrogens with zero attached hydrogens (tertiary/aromatic N) is 2. The third kappa shape index (κ3) is 2.54. The van der Waals surface area contributed by atoms with Gasteiger partial charge in [-0.25, -0.2) is 0 Å². The number of benzene rings is 1. The van der Waals surface area contributed by atoms with Gasteiger partial charge < -0.3 is 14.6 Å². The van der Waals surface area contributed by atoms with Gasteiger partial charge in [0, 0.05) is 0 Å². The van der Waals surface area contributed by atoms with Crippen molar-refractivity contribution in [1.29, 1.82) is 0 Å². The van der Waals surface area contributed by atoms with Crippen LogP contribution in [0.4, 0.5) is 0 Å². The fraction of sp³-hybridized carbons (Fsp3) is 0.467. The number of aromatic nitrogens is 2. The van der Waals surface area contributed by atoms with Crippen molar-refractivity contribution >= 4 is 0 Å². The van der Waals surface area contributed by atoms with Crippen LogP contribution in [0.1, 0.15) is 43.1 Å². The van der Waals surface area contributed by atoms with Crippen molar-refractivity contribution in [2.75, 3.05) is 13.2 Å². The number of fused-ring (bicyclic) bond motifs is 1. The maximum atomic E-state index is 5.77. The summed E-state index contributed by atoms with van der Waals surface area (Å²) < 4.78 is 11.1. The van der Waals surface area contributed by atoms with Crippen molar-refractivity contribution in [1.82, 2.24) is 15.5 Å². The summed E-state index contributed by atoms with van der Waals surface area (Å²) in [5.74, 6) is 2.50. The third-order valence-corrected chi connectivity index (χ3v) is 3.58. The lowest BCUT2D eigenvalue weighted by atomic mass is 9.96. The third-order valence-electron chi connectivity index (χ3n) is 3.58. The molecule has 1 aliphatic rings. The molecule has 2 atom stereocenters. The van der Waals surface area contributed by atoms with Crippen LogP contribution in [-0.4, -0.2) is 23.3 Å². The van der Waals surface area contributed by atoms with Gasteiger partial charge in [-0.1, -0.05) is 30.3 Å². The molecule has 2 unspecified atom stereocenters. The van der Waals surface area contributed by atoms with Gasteiger partial charge in [0.15, 0.2) is 5.82 Å². The largest absolute Gasteiger partial charge is 0.493 e. The molecule has 1 N–H and O–H groups in total. The van der Waals surface area contributed by atoms with Gasteiger partial charge >= 0.3 is 0 Å². The van der Waals surface area contributed by atoms with E-state index in [9.17, 15) is 0 Å². The lowest BCUT2D eigenvalue weighted by Gasteiger charge is -2.22. The molecular formula is C15H19N3O2. The highest BCUT2D eigenvalue weighted by atomic mass is 16.5. The summed E-state index contributed by atoms with van der Waals surface area (Å²) in [5.41, 5.74) is 1.20. The number of hydrogen-bond acceptors (Lipinski definition) is 5. The number of rotatable bonds is 4. The minimum absolute atomic E-state index is 0.0815. The van der Waals surface area contributed by atoms with E-state index in [0.29, 0.717) is 12.5 Å². The number of hydrogen-bond donors (Lipinski definition) is 1. The molecular weight excluding hydrogens is 254 g/mol. The standard InChI is InChI=1S/C15H19N3O2/c1-3-16-10(2)15-17-14(18-20-15)12-8-11-6-4-5-7-13(11)19-9-12/h4-7,10,12,16H,3,8-9H2,1-2H3. The summed E-state index contributed by atoms with van der Waals surface area (Å²) in [7, 11) is 0. The molecule has 3 rings (SSSR count). The first kappa shape index (κ1) is 13.1. The maximum Gasteiger partial charge on any atom is 0.243 e. The summed E-state index contributed by atoms with van der Waals surface area (Å²) in [6.07, 6.45) is 0.894. The fourth-order valence-corrected chi connectivity index (χ4v) is 2.48. The van der Waals surface area contributed by atoms with Crippen molar-refractivity contribution in [3.8, 4) is 5.75 Å². The lowest BCUT2D eigenvalue weighted by molar-refractivity contribution is 0.253. The first-order chi connectivity index (χ1) is 9.78. The molecule has 1 aromatic heterocycles. The van der Waals surface area contributed by atoms with Crippen LogP contribution in [0.3, 0.4) is 0 Å². The molecule has 5 heteroatoms. The second kappa shape index (κ2) is 5.63. The first-order valence-electron chi connectivity index (χ1n) is 7.05. The zero-order valence-corrected chi connectivity index (χ0v) is 11.8. The fourth-order valence-electron chi connectivity index (χ4n) is 2.48. The first-order valence-corrected chi connectivity index (χ1v) is 7.05. The van der Waals surface area contributed by atoms with Crippen molar-refractivity contribution in [3.05, 3.63) is 41.5 Å². The molecule has 0 radical (unpaired) electrons. The van der Waals surface area contributed by atoms with E-state index in [2.05, 4.69) is 28.4 Å². The van der Waals surface area contributed by atoms with Crippen LogP contribution in [0.5, 0.6) is 5.75 Å². The van der Waals surface area contributed by atoms with E-state index in [0.717, 1.165) is 24.5 Å². The highest BCUT2D eigenvalue weighted by Gasteiger charge is 2.26. The van der Waals surface area contributed by atoms with Crippen LogP contribution in [0.2, 0.25) is 0 Å². The Morgan fingerprint density at radius 2 is 2.25 bits per heavy atom. The predicted molar refractivity (Wildman–Crippen MR) is 74.8 cm³/mol. The summed E-state index contributed by atoms with van der Waals surface area (Å²) >= 11 is 0. The van der Waals surface area contributed by atoms with E-state index >= 15 is 0 Å². The van der Waals surface area contributed by atoms with Crippen molar-refractivity contribution in [2.45, 2.75) is 32.2 Å². The van der Waals surface area contributed by atoms with Gasteiger partial charge in [-0.15, -0.1) is 0 Å². The predicted octanol–water partition coefficient (Wildman–Crippen LogP) is 2.46. The summed E-state index contributed by atoms with van der Waals surface area (Å²) in [5, 5.41) is 7.38. The lowest BCUT2D eigenvalue weighted by Crippen LogP contribution is -2.21. The second-order valence-corrected chi connectivity index (χ2v) is 5.09. The average molecular weight is 273 g/mol. The molecule has 1 aromatic carbocycles. The van der Waals surface area contributed by atoms with Crippen molar-refractivity contribution < 1.29 is 9.26 Å². The molecule has 0 spiro atoms. The molecule has 0 fully saturated rings. The normalized spacial score (nSPS) is 19.2. The summed E-state index contributed by atoms with van der Waals surface area (Å²) in [4.78, 5) is 4.51. The smallest absolute Gasteiger partial charge is 0.243 e. The van der Waals surface area contributed by atoms with Gasteiger partial charge in [-0.2, -0.15) is 4.98 Å². The monoisotopic (exact) mass is 273 g/mol. The Morgan fingerprint density at radius 1 is 1.40 bits per heavy atom. The number of ether oxygens (including phenoxy) is 1. The van der Waals surface area contributed by atoms with E-state index in [-0.39, 0.29) is 12.0 Å². The van der Waals surface area contributed by atoms with Gasteiger partial charge in [0.05, 0.1) is 18.6 Å². The van der Waals surface area contributed by atoms with Crippen LogP contribution in [-0.2, 0) is 6.42 Å². The van der Waals surface area contributed by atoms with Gasteiger partial charge in [-0.3, -0.25) is 0 Å². The Hall–Kier alpha value is -1.88. The van der Waals surface area contributed by atoms with Crippen LogP contribution >= 0.6 is 0 Å². The molecule has 0 saturated carbocycles. The molecule has 2 heterocycles. The van der Waals surface area contributed by atoms with Gasteiger partial charge in [0.2, 0.25) is 5.89 Å². The summed E-state index contributed by atoms with van der Waals surface area (Å²) in [6, 6.07) is 8.19. The van der Waals surface area contributed by atoms with E-state index in [1.165, 1.54) is 5.56 Å². The summed E-state index contributed by atoms with van der Waals surface area (Å²) in [6.45, 7) is 5.55. The molecule has 0 aliphatic carbocycles. The maximum absolute atomic E-state index is 5.77. The zero-order chi connectivity index (χ0) is 13.9. The molecule has 106 valence electrons. The van der Waals surface area contributed by atoms with Crippen molar-refractivity contribution in [3.63, 3.8) is 0 Å². The highest BCUT2D eigenvalue weighted by molar-refractivity contribution is 5.36. The highest BCUT2D eigenvalue weighted by Crippen LogP contribution is 2.31. The Labute approximate surface area is 118 Å². The van der Waals surface area contributed by atoms with E-state index in [1.54, 1.807) is 0 Å². The number of para-hydroxylation sites is 1. The van der Waals surface area contributed by atoms with E-state index < -0.39 is 0 Å². The van der Waals surface area contributed by atoms with Crippen LogP contribution in [0.15, 0.2) is 28.8 Å². The molecule has 5 nitrogen and oxygen atoms in total. The molecule has 0 saturated heterocycles. The minimum atomic E-state index is 0.0815. The topological polar surface area (TPSA) is 60.2 Å². The molecule has 2 aromatic rings. The van der Waals surface area contributed by atoms with Gasteiger partial charge in [0.25, 0.3) is 0 Å². The van der Waals surface area contributed by atoms with E-state index in [4.69, 9.17) is 9.26 Å². The molecule has 0 bridgehead atoms. The molecule has 1 aliphatic heterocycles. The van der Waals surface area contributed by atoms with Gasteiger partial charge in [0.1, 0.15) is 5.75 Å².